The fourth-order valence-corrected chi connectivity index (χ4v) is 1.87. The minimum atomic E-state index is 0.0934. The van der Waals surface area contributed by atoms with Crippen molar-refractivity contribution in [2.24, 2.45) is 5.73 Å². The maximum Gasteiger partial charge on any atom is 0.226 e. The zero-order valence-corrected chi connectivity index (χ0v) is 10.9. The number of amides is 1. The average Bonchev–Trinajstić information content (AvgIpc) is 2.34. The fraction of sp³-hybridized carbons (Fsp3) is 0.500. The van der Waals surface area contributed by atoms with Gasteiger partial charge in [0, 0.05) is 13.1 Å². The van der Waals surface area contributed by atoms with Crippen molar-refractivity contribution in [3.63, 3.8) is 0 Å². The van der Waals surface area contributed by atoms with E-state index in [1.807, 2.05) is 11.0 Å². The number of phenols is 1. The van der Waals surface area contributed by atoms with Crippen LogP contribution in [0, 0.1) is 0 Å². The number of nitrogens with two attached hydrogens (primary N) is 1. The molecule has 1 rings (SSSR count). The van der Waals surface area contributed by atoms with E-state index in [1.54, 1.807) is 18.2 Å². The van der Waals surface area contributed by atoms with Crippen LogP contribution in [-0.2, 0) is 11.2 Å². The standard InChI is InChI=1S/C14H22N2O2/c1-2-8-16(9-4-7-15)14(18)11-12-5-3-6-13(17)10-12/h3,5-6,10,17H,2,4,7-9,11,15H2,1H3. The molecule has 0 unspecified atom stereocenters. The summed E-state index contributed by atoms with van der Waals surface area (Å²) in [5.41, 5.74) is 6.32. The van der Waals surface area contributed by atoms with Crippen molar-refractivity contribution in [3.05, 3.63) is 29.8 Å². The zero-order chi connectivity index (χ0) is 13.4. The molecule has 4 nitrogen and oxygen atoms in total. The molecule has 18 heavy (non-hydrogen) atoms. The highest BCUT2D eigenvalue weighted by atomic mass is 16.3. The van der Waals surface area contributed by atoms with Crippen LogP contribution in [-0.4, -0.2) is 35.5 Å². The predicted molar refractivity (Wildman–Crippen MR) is 72.4 cm³/mol. The summed E-state index contributed by atoms with van der Waals surface area (Å²) in [5, 5.41) is 9.37. The Balaban J connectivity index is 2.60. The lowest BCUT2D eigenvalue weighted by molar-refractivity contribution is -0.130. The largest absolute Gasteiger partial charge is 0.508 e. The molecule has 0 fully saturated rings. The molecule has 1 aromatic carbocycles. The van der Waals surface area contributed by atoms with E-state index in [1.165, 1.54) is 0 Å². The zero-order valence-electron chi connectivity index (χ0n) is 10.9. The molecule has 0 spiro atoms. The molecule has 0 aliphatic carbocycles. The summed E-state index contributed by atoms with van der Waals surface area (Å²) in [6.07, 6.45) is 2.10. The number of aromatic hydroxyl groups is 1. The number of benzene rings is 1. The minimum absolute atomic E-state index is 0.0934. The summed E-state index contributed by atoms with van der Waals surface area (Å²) in [6.45, 7) is 4.12. The van der Waals surface area contributed by atoms with Gasteiger partial charge in [0.1, 0.15) is 5.75 Å². The fourth-order valence-electron chi connectivity index (χ4n) is 1.87. The Labute approximate surface area is 108 Å². The molecule has 0 atom stereocenters. The molecular weight excluding hydrogens is 228 g/mol. The second-order valence-electron chi connectivity index (χ2n) is 4.37. The number of carbonyl (C=O) groups excluding carboxylic acids is 1. The molecule has 1 amide bonds. The van der Waals surface area contributed by atoms with Crippen LogP contribution in [0.1, 0.15) is 25.3 Å². The number of carbonyl (C=O) groups is 1. The van der Waals surface area contributed by atoms with E-state index in [4.69, 9.17) is 5.73 Å². The normalized spacial score (nSPS) is 10.3. The summed E-state index contributed by atoms with van der Waals surface area (Å²) >= 11 is 0. The van der Waals surface area contributed by atoms with Gasteiger partial charge in [0.15, 0.2) is 0 Å². The monoisotopic (exact) mass is 250 g/mol. The molecule has 0 saturated carbocycles. The Kier molecular flexibility index (Phi) is 6.22. The van der Waals surface area contributed by atoms with Crippen molar-refractivity contribution in [3.8, 4) is 5.75 Å². The van der Waals surface area contributed by atoms with Gasteiger partial charge in [-0.25, -0.2) is 0 Å². The van der Waals surface area contributed by atoms with E-state index in [-0.39, 0.29) is 11.7 Å². The second-order valence-corrected chi connectivity index (χ2v) is 4.37. The molecule has 0 saturated heterocycles. The van der Waals surface area contributed by atoms with Crippen LogP contribution in [0.5, 0.6) is 5.75 Å². The molecule has 0 aliphatic rings. The minimum Gasteiger partial charge on any atom is -0.508 e. The summed E-state index contributed by atoms with van der Waals surface area (Å²) in [6, 6.07) is 6.84. The topological polar surface area (TPSA) is 66.6 Å². The Morgan fingerprint density at radius 1 is 1.39 bits per heavy atom. The first-order valence-electron chi connectivity index (χ1n) is 6.43. The quantitative estimate of drug-likeness (QED) is 0.771. The molecule has 0 heterocycles. The SMILES string of the molecule is CCCN(CCCN)C(=O)Cc1cccc(O)c1. The van der Waals surface area contributed by atoms with Crippen molar-refractivity contribution in [1.29, 1.82) is 0 Å². The van der Waals surface area contributed by atoms with Gasteiger partial charge in [-0.2, -0.15) is 0 Å². The smallest absolute Gasteiger partial charge is 0.226 e. The number of rotatable bonds is 7. The Morgan fingerprint density at radius 2 is 2.17 bits per heavy atom. The molecule has 4 heteroatoms. The van der Waals surface area contributed by atoms with Crippen LogP contribution in [0.25, 0.3) is 0 Å². The number of hydrogen-bond donors (Lipinski definition) is 2. The third kappa shape index (κ3) is 4.75. The lowest BCUT2D eigenvalue weighted by atomic mass is 10.1. The van der Waals surface area contributed by atoms with Gasteiger partial charge >= 0.3 is 0 Å². The first kappa shape index (κ1) is 14.5. The molecule has 0 radical (unpaired) electrons. The van der Waals surface area contributed by atoms with Crippen LogP contribution >= 0.6 is 0 Å². The average molecular weight is 250 g/mol. The van der Waals surface area contributed by atoms with Crippen molar-refractivity contribution >= 4 is 5.91 Å². The number of nitrogens with zero attached hydrogens (tertiary/aromatic N) is 1. The molecule has 0 bridgehead atoms. The van der Waals surface area contributed by atoms with Gasteiger partial charge in [0.2, 0.25) is 5.91 Å². The molecule has 1 aromatic rings. The first-order valence-corrected chi connectivity index (χ1v) is 6.43. The van der Waals surface area contributed by atoms with E-state index in [0.29, 0.717) is 19.5 Å². The lowest BCUT2D eigenvalue weighted by Gasteiger charge is -2.22. The summed E-state index contributed by atoms with van der Waals surface area (Å²) in [7, 11) is 0. The Hall–Kier alpha value is -1.55. The number of phenolic OH excluding ortho intramolecular Hbond substituents is 1. The van der Waals surface area contributed by atoms with Crippen molar-refractivity contribution in [2.75, 3.05) is 19.6 Å². The van der Waals surface area contributed by atoms with Crippen LogP contribution in [0.3, 0.4) is 0 Å². The lowest BCUT2D eigenvalue weighted by Crippen LogP contribution is -2.34. The van der Waals surface area contributed by atoms with Gasteiger partial charge in [0.05, 0.1) is 6.42 Å². The van der Waals surface area contributed by atoms with E-state index in [2.05, 4.69) is 6.92 Å². The van der Waals surface area contributed by atoms with Crippen LogP contribution in [0.15, 0.2) is 24.3 Å². The highest BCUT2D eigenvalue weighted by molar-refractivity contribution is 5.78. The molecule has 0 aromatic heterocycles. The molecule has 100 valence electrons. The van der Waals surface area contributed by atoms with E-state index in [0.717, 1.165) is 24.9 Å². The molecular formula is C14H22N2O2. The highest BCUT2D eigenvalue weighted by Crippen LogP contribution is 2.12. The molecule has 0 aliphatic heterocycles. The highest BCUT2D eigenvalue weighted by Gasteiger charge is 2.12. The maximum atomic E-state index is 12.1. The third-order valence-electron chi connectivity index (χ3n) is 2.74. The van der Waals surface area contributed by atoms with E-state index in [9.17, 15) is 9.90 Å². The summed E-state index contributed by atoms with van der Waals surface area (Å²) in [5.74, 6) is 0.292. The van der Waals surface area contributed by atoms with Gasteiger partial charge in [-0.05, 0) is 37.1 Å². The Morgan fingerprint density at radius 3 is 2.78 bits per heavy atom. The third-order valence-corrected chi connectivity index (χ3v) is 2.74. The van der Waals surface area contributed by atoms with Crippen LogP contribution in [0.2, 0.25) is 0 Å². The number of hydrogen-bond acceptors (Lipinski definition) is 3. The summed E-state index contributed by atoms with van der Waals surface area (Å²) in [4.78, 5) is 14.0. The summed E-state index contributed by atoms with van der Waals surface area (Å²) < 4.78 is 0. The van der Waals surface area contributed by atoms with Crippen LogP contribution < -0.4 is 5.73 Å². The van der Waals surface area contributed by atoms with E-state index >= 15 is 0 Å². The van der Waals surface area contributed by atoms with Gasteiger partial charge in [0.25, 0.3) is 0 Å². The Bertz CT molecular complexity index is 380. The van der Waals surface area contributed by atoms with Crippen LogP contribution in [0.4, 0.5) is 0 Å². The second kappa shape index (κ2) is 7.71. The van der Waals surface area contributed by atoms with Gasteiger partial charge in [-0.1, -0.05) is 19.1 Å². The van der Waals surface area contributed by atoms with Crippen molar-refractivity contribution < 1.29 is 9.90 Å². The van der Waals surface area contributed by atoms with Gasteiger partial charge in [-0.3, -0.25) is 4.79 Å². The van der Waals surface area contributed by atoms with E-state index < -0.39 is 0 Å². The van der Waals surface area contributed by atoms with Gasteiger partial charge < -0.3 is 15.7 Å². The maximum absolute atomic E-state index is 12.1. The van der Waals surface area contributed by atoms with Crippen molar-refractivity contribution in [2.45, 2.75) is 26.2 Å². The van der Waals surface area contributed by atoms with Crippen molar-refractivity contribution in [1.82, 2.24) is 4.90 Å². The van der Waals surface area contributed by atoms with Gasteiger partial charge in [-0.15, -0.1) is 0 Å². The predicted octanol–water partition coefficient (Wildman–Crippen LogP) is 1.52. The molecule has 3 N–H and O–H groups in total. The first-order chi connectivity index (χ1) is 8.67.